The molecule has 0 amide bonds. The second-order valence-electron chi connectivity index (χ2n) is 4.29. The van der Waals surface area contributed by atoms with Crippen molar-refractivity contribution in [1.29, 1.82) is 0 Å². The molecule has 2 aromatic rings. The van der Waals surface area contributed by atoms with E-state index in [0.717, 1.165) is 16.9 Å². The Balaban J connectivity index is 2.26. The van der Waals surface area contributed by atoms with Gasteiger partial charge in [0.25, 0.3) is 0 Å². The lowest BCUT2D eigenvalue weighted by atomic mass is 10.0. The van der Waals surface area contributed by atoms with Crippen LogP contribution in [0.4, 0.5) is 0 Å². The van der Waals surface area contributed by atoms with Gasteiger partial charge in [-0.25, -0.2) is 0 Å². The summed E-state index contributed by atoms with van der Waals surface area (Å²) in [6.45, 7) is 0.913. The molecule has 0 spiro atoms. The molecule has 1 unspecified atom stereocenters. The second kappa shape index (κ2) is 6.92. The number of hydrogen-bond donors (Lipinski definition) is 1. The summed E-state index contributed by atoms with van der Waals surface area (Å²) in [5, 5.41) is 0. The van der Waals surface area contributed by atoms with E-state index in [-0.39, 0.29) is 6.10 Å². The van der Waals surface area contributed by atoms with Crippen LogP contribution >= 0.6 is 0 Å². The van der Waals surface area contributed by atoms with Gasteiger partial charge in [0.2, 0.25) is 0 Å². The molecule has 100 valence electrons. The zero-order chi connectivity index (χ0) is 13.5. The number of hydrogen-bond acceptors (Lipinski definition) is 3. The first-order valence-corrected chi connectivity index (χ1v) is 6.35. The zero-order valence-corrected chi connectivity index (χ0v) is 11.1. The van der Waals surface area contributed by atoms with Crippen LogP contribution in [0.1, 0.15) is 0 Å². The molecule has 19 heavy (non-hydrogen) atoms. The Morgan fingerprint density at radius 1 is 1.00 bits per heavy atom. The third kappa shape index (κ3) is 3.56. The number of methoxy groups -OCH3 is 1. The molecule has 2 aromatic carbocycles. The lowest BCUT2D eigenvalue weighted by Crippen LogP contribution is -2.31. The van der Waals surface area contributed by atoms with Gasteiger partial charge in [-0.3, -0.25) is 0 Å². The smallest absolute Gasteiger partial charge is 0.134 e. The summed E-state index contributed by atoms with van der Waals surface area (Å²) in [6.07, 6.45) is -0.130. The van der Waals surface area contributed by atoms with Gasteiger partial charge >= 0.3 is 0 Å². The Hall–Kier alpha value is -1.84. The Kier molecular flexibility index (Phi) is 4.95. The first-order valence-electron chi connectivity index (χ1n) is 6.35. The van der Waals surface area contributed by atoms with E-state index >= 15 is 0 Å². The second-order valence-corrected chi connectivity index (χ2v) is 4.29. The van der Waals surface area contributed by atoms with Crippen molar-refractivity contribution in [3.8, 4) is 16.9 Å². The van der Waals surface area contributed by atoms with Crippen molar-refractivity contribution in [3.05, 3.63) is 54.6 Å². The number of benzene rings is 2. The van der Waals surface area contributed by atoms with E-state index in [9.17, 15) is 0 Å². The maximum absolute atomic E-state index is 5.94. The van der Waals surface area contributed by atoms with Crippen molar-refractivity contribution in [2.45, 2.75) is 6.10 Å². The summed E-state index contributed by atoms with van der Waals surface area (Å²) >= 11 is 0. The van der Waals surface area contributed by atoms with Crippen LogP contribution in [0.2, 0.25) is 0 Å². The Morgan fingerprint density at radius 3 is 2.37 bits per heavy atom. The molecule has 0 aliphatic heterocycles. The number of nitrogens with two attached hydrogens (primary N) is 1. The summed E-state index contributed by atoms with van der Waals surface area (Å²) < 4.78 is 11.0. The number of ether oxygens (including phenoxy) is 2. The van der Waals surface area contributed by atoms with Gasteiger partial charge in [0.05, 0.1) is 6.61 Å². The van der Waals surface area contributed by atoms with Crippen LogP contribution in [-0.4, -0.2) is 26.4 Å². The van der Waals surface area contributed by atoms with Crippen molar-refractivity contribution >= 4 is 0 Å². The van der Waals surface area contributed by atoms with Gasteiger partial charge < -0.3 is 15.2 Å². The van der Waals surface area contributed by atoms with E-state index < -0.39 is 0 Å². The lowest BCUT2D eigenvalue weighted by molar-refractivity contribution is 0.0864. The van der Waals surface area contributed by atoms with Gasteiger partial charge in [0.15, 0.2) is 0 Å². The molecule has 0 heterocycles. The molecular weight excluding hydrogens is 238 g/mol. The monoisotopic (exact) mass is 257 g/mol. The standard InChI is InChI=1S/C16H19NO2/c1-18-12-14(11-17)19-16-10-6-5-9-15(16)13-7-3-2-4-8-13/h2-10,14H,11-12,17H2,1H3. The highest BCUT2D eigenvalue weighted by molar-refractivity contribution is 5.70. The topological polar surface area (TPSA) is 44.5 Å². The Bertz CT molecular complexity index is 499. The lowest BCUT2D eigenvalue weighted by Gasteiger charge is -2.19. The molecule has 0 bridgehead atoms. The van der Waals surface area contributed by atoms with Gasteiger partial charge in [-0.1, -0.05) is 48.5 Å². The van der Waals surface area contributed by atoms with Crippen LogP contribution in [0.3, 0.4) is 0 Å². The van der Waals surface area contributed by atoms with Gasteiger partial charge in [0, 0.05) is 19.2 Å². The van der Waals surface area contributed by atoms with Crippen LogP contribution in [-0.2, 0) is 4.74 Å². The molecule has 0 aliphatic carbocycles. The van der Waals surface area contributed by atoms with E-state index in [1.54, 1.807) is 7.11 Å². The highest BCUT2D eigenvalue weighted by atomic mass is 16.5. The van der Waals surface area contributed by atoms with Crippen LogP contribution in [0.15, 0.2) is 54.6 Å². The minimum atomic E-state index is -0.130. The molecule has 0 fully saturated rings. The van der Waals surface area contributed by atoms with E-state index in [1.165, 1.54) is 0 Å². The highest BCUT2D eigenvalue weighted by Gasteiger charge is 2.11. The van der Waals surface area contributed by atoms with Crippen molar-refractivity contribution in [1.82, 2.24) is 0 Å². The SMILES string of the molecule is COCC(CN)Oc1ccccc1-c1ccccc1. The van der Waals surface area contributed by atoms with Gasteiger partial charge in [-0.2, -0.15) is 0 Å². The molecule has 3 heteroatoms. The van der Waals surface area contributed by atoms with Gasteiger partial charge in [-0.15, -0.1) is 0 Å². The van der Waals surface area contributed by atoms with Crippen LogP contribution in [0.25, 0.3) is 11.1 Å². The first-order chi connectivity index (χ1) is 9.35. The molecule has 0 aromatic heterocycles. The van der Waals surface area contributed by atoms with Crippen LogP contribution in [0.5, 0.6) is 5.75 Å². The molecule has 0 saturated carbocycles. The predicted molar refractivity (Wildman–Crippen MR) is 77.2 cm³/mol. The molecular formula is C16H19NO2. The number of rotatable bonds is 6. The third-order valence-electron chi connectivity index (χ3n) is 2.88. The first kappa shape index (κ1) is 13.6. The quantitative estimate of drug-likeness (QED) is 0.865. The summed E-state index contributed by atoms with van der Waals surface area (Å²) in [4.78, 5) is 0. The minimum Gasteiger partial charge on any atom is -0.486 e. The van der Waals surface area contributed by atoms with Crippen molar-refractivity contribution < 1.29 is 9.47 Å². The zero-order valence-electron chi connectivity index (χ0n) is 11.1. The van der Waals surface area contributed by atoms with Crippen molar-refractivity contribution in [2.75, 3.05) is 20.3 Å². The van der Waals surface area contributed by atoms with Gasteiger partial charge in [-0.05, 0) is 11.6 Å². The predicted octanol–water partition coefficient (Wildman–Crippen LogP) is 2.71. The fraction of sp³-hybridized carbons (Fsp3) is 0.250. The average Bonchev–Trinajstić information content (AvgIpc) is 2.48. The molecule has 1 atom stereocenters. The summed E-state index contributed by atoms with van der Waals surface area (Å²) in [7, 11) is 1.65. The van der Waals surface area contributed by atoms with Gasteiger partial charge in [0.1, 0.15) is 11.9 Å². The van der Waals surface area contributed by atoms with E-state index in [1.807, 2.05) is 42.5 Å². The normalized spacial score (nSPS) is 12.1. The molecule has 2 rings (SSSR count). The van der Waals surface area contributed by atoms with Crippen LogP contribution < -0.4 is 10.5 Å². The average molecular weight is 257 g/mol. The molecule has 0 saturated heterocycles. The maximum Gasteiger partial charge on any atom is 0.134 e. The van der Waals surface area contributed by atoms with E-state index in [0.29, 0.717) is 13.2 Å². The van der Waals surface area contributed by atoms with Crippen LogP contribution in [0, 0.1) is 0 Å². The largest absolute Gasteiger partial charge is 0.486 e. The molecule has 0 radical (unpaired) electrons. The molecule has 2 N–H and O–H groups in total. The fourth-order valence-electron chi connectivity index (χ4n) is 1.94. The Morgan fingerprint density at radius 2 is 1.68 bits per heavy atom. The third-order valence-corrected chi connectivity index (χ3v) is 2.88. The summed E-state index contributed by atoms with van der Waals surface area (Å²) in [6, 6.07) is 18.1. The van der Waals surface area contributed by atoms with Crippen molar-refractivity contribution in [2.24, 2.45) is 5.73 Å². The maximum atomic E-state index is 5.94. The summed E-state index contributed by atoms with van der Waals surface area (Å²) in [5.74, 6) is 0.834. The Labute approximate surface area is 114 Å². The molecule has 0 aliphatic rings. The highest BCUT2D eigenvalue weighted by Crippen LogP contribution is 2.30. The van der Waals surface area contributed by atoms with E-state index in [2.05, 4.69) is 12.1 Å². The van der Waals surface area contributed by atoms with E-state index in [4.69, 9.17) is 15.2 Å². The minimum absolute atomic E-state index is 0.130. The summed E-state index contributed by atoms with van der Waals surface area (Å²) in [5.41, 5.74) is 7.89. The molecule has 3 nitrogen and oxygen atoms in total. The van der Waals surface area contributed by atoms with Crippen molar-refractivity contribution in [3.63, 3.8) is 0 Å². The fourth-order valence-corrected chi connectivity index (χ4v) is 1.94. The number of para-hydroxylation sites is 1.